The first-order valence-electron chi connectivity index (χ1n) is 3.94. The Morgan fingerprint density at radius 2 is 1.86 bits per heavy atom. The largest absolute Gasteiger partial charge is 0.480 e. The van der Waals surface area contributed by atoms with Gasteiger partial charge in [0.15, 0.2) is 0 Å². The van der Waals surface area contributed by atoms with Crippen LogP contribution in [0.4, 0.5) is 0 Å². The Kier molecular flexibility index (Phi) is 6.74. The second-order valence-corrected chi connectivity index (χ2v) is 2.63. The molecule has 0 aromatic heterocycles. The summed E-state index contributed by atoms with van der Waals surface area (Å²) in [5.74, 6) is -0.959. The molecule has 0 spiro atoms. The van der Waals surface area contributed by atoms with Crippen molar-refractivity contribution in [3.8, 4) is 0 Å². The van der Waals surface area contributed by atoms with E-state index in [9.17, 15) is 4.79 Å². The average molecular weight is 217 g/mol. The minimum atomic E-state index is -0.959. The molecule has 5 heteroatoms. The van der Waals surface area contributed by atoms with E-state index in [2.05, 4.69) is 17.0 Å². The fourth-order valence-corrected chi connectivity index (χ4v) is 0.955. The molecular weight excluding hydrogens is 204 g/mol. The van der Waals surface area contributed by atoms with Crippen molar-refractivity contribution in [3.63, 3.8) is 0 Å². The van der Waals surface area contributed by atoms with Crippen molar-refractivity contribution in [1.82, 2.24) is 0 Å². The van der Waals surface area contributed by atoms with Crippen molar-refractivity contribution in [1.29, 1.82) is 0 Å². The number of aliphatic carboxylic acids is 1. The van der Waals surface area contributed by atoms with Gasteiger partial charge in [0.05, 0.1) is 0 Å². The third-order valence-corrected chi connectivity index (χ3v) is 1.62. The Bertz CT molecular complexity index is 267. The summed E-state index contributed by atoms with van der Waals surface area (Å²) in [7, 11) is 0. The van der Waals surface area contributed by atoms with E-state index in [0.717, 1.165) is 5.56 Å². The van der Waals surface area contributed by atoms with Gasteiger partial charge in [-0.1, -0.05) is 30.3 Å². The van der Waals surface area contributed by atoms with E-state index < -0.39 is 12.0 Å². The number of benzene rings is 1. The first-order chi connectivity index (χ1) is 6.70. The zero-order chi connectivity index (χ0) is 11.0. The molecular formula is C9H13ClN2O2. The molecule has 0 unspecified atom stereocenters. The molecule has 0 aliphatic heterocycles. The molecule has 0 saturated carbocycles. The van der Waals surface area contributed by atoms with Crippen molar-refractivity contribution in [3.05, 3.63) is 35.9 Å². The zero-order valence-corrected chi connectivity index (χ0v) is 8.32. The topological polar surface area (TPSA) is 89.3 Å². The lowest BCUT2D eigenvalue weighted by atomic mass is 10.1. The molecule has 0 amide bonds. The van der Waals surface area contributed by atoms with Crippen LogP contribution in [0, 0.1) is 0 Å². The smallest absolute Gasteiger partial charge is 0.320 e. The lowest BCUT2D eigenvalue weighted by molar-refractivity contribution is -0.138. The summed E-state index contributed by atoms with van der Waals surface area (Å²) in [6.45, 7) is 0. The van der Waals surface area contributed by atoms with Crippen molar-refractivity contribution >= 4 is 17.7 Å². The van der Waals surface area contributed by atoms with Gasteiger partial charge in [-0.25, -0.2) is 5.25 Å². The normalized spacial score (nSPS) is 11.1. The Morgan fingerprint density at radius 1 is 1.36 bits per heavy atom. The second-order valence-electron chi connectivity index (χ2n) is 2.63. The van der Waals surface area contributed by atoms with Crippen LogP contribution in [0.3, 0.4) is 0 Å². The van der Waals surface area contributed by atoms with E-state index >= 15 is 0 Å². The summed E-state index contributed by atoms with van der Waals surface area (Å²) in [6, 6.07) is 8.54. The Morgan fingerprint density at radius 3 is 2.29 bits per heavy atom. The molecule has 0 heterocycles. The van der Waals surface area contributed by atoms with E-state index in [1.54, 1.807) is 0 Å². The van der Waals surface area contributed by atoms with Gasteiger partial charge in [-0.15, -0.1) is 0 Å². The van der Waals surface area contributed by atoms with Crippen LogP contribution in [0.15, 0.2) is 30.3 Å². The molecule has 0 aliphatic carbocycles. The van der Waals surface area contributed by atoms with Gasteiger partial charge in [0, 0.05) is 0 Å². The van der Waals surface area contributed by atoms with E-state index in [0.29, 0.717) is 6.42 Å². The molecule has 0 radical (unpaired) electrons. The van der Waals surface area contributed by atoms with E-state index in [4.69, 9.17) is 10.8 Å². The van der Waals surface area contributed by atoms with Crippen LogP contribution < -0.4 is 11.0 Å². The fraction of sp³-hybridized carbons (Fsp3) is 0.222. The highest BCUT2D eigenvalue weighted by atomic mass is 35.5. The third kappa shape index (κ3) is 4.81. The van der Waals surface area contributed by atoms with Crippen LogP contribution in [-0.4, -0.2) is 17.1 Å². The lowest BCUT2D eigenvalue weighted by Gasteiger charge is -2.04. The predicted octanol–water partition coefficient (Wildman–Crippen LogP) is 0.740. The van der Waals surface area contributed by atoms with Crippen molar-refractivity contribution in [2.45, 2.75) is 12.5 Å². The number of nitrogens with two attached hydrogens (primary N) is 2. The van der Waals surface area contributed by atoms with Crippen LogP contribution in [0.25, 0.3) is 0 Å². The van der Waals surface area contributed by atoms with E-state index in [1.807, 2.05) is 30.3 Å². The molecule has 1 aromatic carbocycles. The Hall–Kier alpha value is -1.10. The van der Waals surface area contributed by atoms with Gasteiger partial charge in [0.1, 0.15) is 6.04 Å². The molecule has 0 saturated heterocycles. The highest BCUT2D eigenvalue weighted by Gasteiger charge is 2.10. The monoisotopic (exact) mass is 216 g/mol. The number of carboxylic acid groups (broad SMARTS) is 1. The predicted molar refractivity (Wildman–Crippen MR) is 55.8 cm³/mol. The maximum absolute atomic E-state index is 10.4. The van der Waals surface area contributed by atoms with Crippen LogP contribution >= 0.6 is 11.8 Å². The number of carboxylic acids is 1. The van der Waals surface area contributed by atoms with Crippen LogP contribution in [0.1, 0.15) is 5.56 Å². The molecule has 0 bridgehead atoms. The molecule has 0 aliphatic rings. The summed E-state index contributed by atoms with van der Waals surface area (Å²) in [6.07, 6.45) is 0.385. The number of hydrogen-bond acceptors (Lipinski definition) is 3. The second kappa shape index (κ2) is 7.32. The standard InChI is InChI=1S/C9H11NO2.ClH2N/c10-8(9(11)12)6-7-4-2-1-3-5-7;1-2/h1-5,8H,6,10H2,(H,11,12);2H2/t8-;/m0./s1. The number of halogens is 1. The van der Waals surface area contributed by atoms with Crippen molar-refractivity contribution in [2.24, 2.45) is 11.0 Å². The van der Waals surface area contributed by atoms with Crippen LogP contribution in [0.5, 0.6) is 0 Å². The summed E-state index contributed by atoms with van der Waals surface area (Å²) >= 11 is 4.14. The first-order valence-corrected chi connectivity index (χ1v) is 4.38. The number of carbonyl (C=O) groups is 1. The van der Waals surface area contributed by atoms with Crippen LogP contribution in [0.2, 0.25) is 0 Å². The van der Waals surface area contributed by atoms with Gasteiger partial charge < -0.3 is 10.8 Å². The average Bonchev–Trinajstić information content (AvgIpc) is 2.22. The Labute approximate surface area is 87.6 Å². The van der Waals surface area contributed by atoms with Gasteiger partial charge >= 0.3 is 5.97 Å². The van der Waals surface area contributed by atoms with E-state index in [1.165, 1.54) is 0 Å². The molecule has 1 atom stereocenters. The minimum Gasteiger partial charge on any atom is -0.480 e. The van der Waals surface area contributed by atoms with E-state index in [-0.39, 0.29) is 0 Å². The zero-order valence-electron chi connectivity index (χ0n) is 7.56. The fourth-order valence-electron chi connectivity index (χ4n) is 0.955. The minimum absolute atomic E-state index is 0.385. The van der Waals surface area contributed by atoms with Crippen molar-refractivity contribution in [2.75, 3.05) is 0 Å². The van der Waals surface area contributed by atoms with Gasteiger partial charge in [0.25, 0.3) is 0 Å². The van der Waals surface area contributed by atoms with Gasteiger partial charge in [-0.05, 0) is 23.8 Å². The summed E-state index contributed by atoms with van der Waals surface area (Å²) < 4.78 is 0. The summed E-state index contributed by atoms with van der Waals surface area (Å²) in [4.78, 5) is 10.4. The Balaban J connectivity index is 0.000000791. The van der Waals surface area contributed by atoms with Gasteiger partial charge in [-0.3, -0.25) is 4.79 Å². The number of hydrogen-bond donors (Lipinski definition) is 3. The molecule has 78 valence electrons. The molecule has 0 fully saturated rings. The van der Waals surface area contributed by atoms with Crippen LogP contribution in [-0.2, 0) is 11.2 Å². The highest BCUT2D eigenvalue weighted by Crippen LogP contribution is 2.01. The maximum Gasteiger partial charge on any atom is 0.320 e. The third-order valence-electron chi connectivity index (χ3n) is 1.62. The molecule has 1 rings (SSSR count). The summed E-state index contributed by atoms with van der Waals surface area (Å²) in [5.41, 5.74) is 6.30. The maximum atomic E-state index is 10.4. The van der Waals surface area contributed by atoms with Gasteiger partial charge in [0.2, 0.25) is 0 Å². The lowest BCUT2D eigenvalue weighted by Crippen LogP contribution is -2.32. The quantitative estimate of drug-likeness (QED) is 0.651. The molecule has 4 nitrogen and oxygen atoms in total. The highest BCUT2D eigenvalue weighted by molar-refractivity contribution is 6.11. The number of rotatable bonds is 3. The van der Waals surface area contributed by atoms with Crippen molar-refractivity contribution < 1.29 is 9.90 Å². The SMILES string of the molecule is NCl.N[C@@H](Cc1ccccc1)C(=O)O. The van der Waals surface area contributed by atoms with Gasteiger partial charge in [-0.2, -0.15) is 0 Å². The first kappa shape index (κ1) is 12.9. The summed E-state index contributed by atoms with van der Waals surface area (Å²) in [5, 5.41) is 12.5. The molecule has 14 heavy (non-hydrogen) atoms. The molecule has 5 N–H and O–H groups in total. The molecule has 1 aromatic rings.